The van der Waals surface area contributed by atoms with Crippen LogP contribution in [0.3, 0.4) is 0 Å². The van der Waals surface area contributed by atoms with Crippen LogP contribution in [0.2, 0.25) is 0 Å². The molecule has 4 heteroatoms. The van der Waals surface area contributed by atoms with Gasteiger partial charge in [-0.05, 0) is 13.8 Å². The third-order valence-corrected chi connectivity index (χ3v) is 3.14. The summed E-state index contributed by atoms with van der Waals surface area (Å²) in [5.41, 5.74) is 0. The van der Waals surface area contributed by atoms with E-state index < -0.39 is 0 Å². The Labute approximate surface area is 83.9 Å². The lowest BCUT2D eigenvalue weighted by atomic mass is 10.1. The van der Waals surface area contributed by atoms with E-state index in [4.69, 9.17) is 0 Å². The van der Waals surface area contributed by atoms with E-state index in [1.807, 2.05) is 0 Å². The summed E-state index contributed by atoms with van der Waals surface area (Å²) >= 11 is 0. The number of Topliss-reactive ketones (excluding diaryl/α,β-unsaturated/α-hetero) is 1. The second-order valence-corrected chi connectivity index (χ2v) is 4.37. The van der Waals surface area contributed by atoms with Crippen LogP contribution < -0.4 is 0 Å². The van der Waals surface area contributed by atoms with E-state index in [-0.39, 0.29) is 17.7 Å². The Balaban J connectivity index is 1.88. The van der Waals surface area contributed by atoms with E-state index in [1.165, 1.54) is 0 Å². The Bertz CT molecular complexity index is 269. The van der Waals surface area contributed by atoms with Crippen LogP contribution in [0.5, 0.6) is 0 Å². The Hall–Kier alpha value is -0.900. The molecular formula is C10H16N2O2. The number of hydrogen-bond donors (Lipinski definition) is 0. The molecule has 0 aromatic carbocycles. The molecule has 2 rings (SSSR count). The molecule has 2 aliphatic heterocycles. The molecular weight excluding hydrogens is 180 g/mol. The Morgan fingerprint density at radius 1 is 1.29 bits per heavy atom. The van der Waals surface area contributed by atoms with Gasteiger partial charge in [-0.3, -0.25) is 14.5 Å². The first-order valence-corrected chi connectivity index (χ1v) is 5.17. The molecule has 0 aromatic heterocycles. The molecule has 2 heterocycles. The number of carbonyl (C=O) groups excluding carboxylic acids is 2. The van der Waals surface area contributed by atoms with Crippen LogP contribution >= 0.6 is 0 Å². The zero-order valence-corrected chi connectivity index (χ0v) is 8.69. The Kier molecular flexibility index (Phi) is 2.31. The maximum absolute atomic E-state index is 11.4. The second-order valence-electron chi connectivity index (χ2n) is 4.37. The van der Waals surface area contributed by atoms with Crippen LogP contribution in [0, 0.1) is 0 Å². The van der Waals surface area contributed by atoms with Crippen molar-refractivity contribution in [2.24, 2.45) is 0 Å². The predicted octanol–water partition coefficient (Wildman–Crippen LogP) is -0.120. The fourth-order valence-electron chi connectivity index (χ4n) is 2.05. The minimum Gasteiger partial charge on any atom is -0.330 e. The monoisotopic (exact) mass is 196 g/mol. The molecule has 1 amide bonds. The summed E-state index contributed by atoms with van der Waals surface area (Å²) < 4.78 is 0. The summed E-state index contributed by atoms with van der Waals surface area (Å²) in [6.07, 6.45) is 0.414. The molecule has 2 fully saturated rings. The number of amides is 1. The molecule has 0 atom stereocenters. The van der Waals surface area contributed by atoms with Gasteiger partial charge in [0, 0.05) is 32.1 Å². The maximum atomic E-state index is 11.4. The normalized spacial score (nSPS) is 24.9. The van der Waals surface area contributed by atoms with Gasteiger partial charge in [0.15, 0.2) is 0 Å². The highest BCUT2D eigenvalue weighted by molar-refractivity contribution is 6.37. The fourth-order valence-corrected chi connectivity index (χ4v) is 2.05. The van der Waals surface area contributed by atoms with Gasteiger partial charge in [-0.25, -0.2) is 0 Å². The molecule has 2 saturated heterocycles. The maximum Gasteiger partial charge on any atom is 0.290 e. The average molecular weight is 196 g/mol. The lowest BCUT2D eigenvalue weighted by molar-refractivity contribution is -0.143. The first-order chi connectivity index (χ1) is 6.59. The average Bonchev–Trinajstić information content (AvgIpc) is 2.32. The Morgan fingerprint density at radius 2 is 1.93 bits per heavy atom. The predicted molar refractivity (Wildman–Crippen MR) is 51.8 cm³/mol. The lowest BCUT2D eigenvalue weighted by Gasteiger charge is -2.45. The number of hydrogen-bond acceptors (Lipinski definition) is 3. The van der Waals surface area contributed by atoms with Gasteiger partial charge in [0.05, 0.1) is 6.04 Å². The summed E-state index contributed by atoms with van der Waals surface area (Å²) in [4.78, 5) is 26.5. The van der Waals surface area contributed by atoms with E-state index in [2.05, 4.69) is 18.7 Å². The molecule has 0 bridgehead atoms. The van der Waals surface area contributed by atoms with Crippen molar-refractivity contribution in [3.63, 3.8) is 0 Å². The lowest BCUT2D eigenvalue weighted by Crippen LogP contribution is -2.61. The molecule has 0 N–H and O–H groups in total. The van der Waals surface area contributed by atoms with Crippen molar-refractivity contribution in [2.75, 3.05) is 19.6 Å². The first-order valence-electron chi connectivity index (χ1n) is 5.17. The van der Waals surface area contributed by atoms with E-state index in [0.717, 1.165) is 13.1 Å². The van der Waals surface area contributed by atoms with Crippen LogP contribution in [0.15, 0.2) is 0 Å². The highest BCUT2D eigenvalue weighted by atomic mass is 16.2. The molecule has 2 aliphatic rings. The van der Waals surface area contributed by atoms with E-state index in [0.29, 0.717) is 19.0 Å². The number of nitrogens with zero attached hydrogens (tertiary/aromatic N) is 2. The van der Waals surface area contributed by atoms with Gasteiger partial charge in [0.2, 0.25) is 5.78 Å². The second kappa shape index (κ2) is 3.35. The minimum absolute atomic E-state index is 0.215. The summed E-state index contributed by atoms with van der Waals surface area (Å²) in [5.74, 6) is -0.480. The summed E-state index contributed by atoms with van der Waals surface area (Å²) in [5, 5.41) is 0. The minimum atomic E-state index is -0.265. The van der Waals surface area contributed by atoms with E-state index >= 15 is 0 Å². The Morgan fingerprint density at radius 3 is 2.36 bits per heavy atom. The number of carbonyl (C=O) groups is 2. The van der Waals surface area contributed by atoms with Gasteiger partial charge in [-0.1, -0.05) is 0 Å². The number of likely N-dealkylation sites (tertiary alicyclic amines) is 2. The molecule has 0 saturated carbocycles. The molecule has 4 nitrogen and oxygen atoms in total. The van der Waals surface area contributed by atoms with Crippen LogP contribution in [0.1, 0.15) is 20.3 Å². The van der Waals surface area contributed by atoms with Crippen molar-refractivity contribution >= 4 is 11.7 Å². The SMILES string of the molecule is CC(C)N1CC(N2CCC(=O)C2=O)C1. The fraction of sp³-hybridized carbons (Fsp3) is 0.800. The van der Waals surface area contributed by atoms with Crippen molar-refractivity contribution in [3.05, 3.63) is 0 Å². The van der Waals surface area contributed by atoms with Gasteiger partial charge in [0.1, 0.15) is 0 Å². The van der Waals surface area contributed by atoms with Crippen molar-refractivity contribution in [3.8, 4) is 0 Å². The first kappa shape index (κ1) is 9.65. The molecule has 0 aliphatic carbocycles. The highest BCUT2D eigenvalue weighted by Crippen LogP contribution is 2.21. The van der Waals surface area contributed by atoms with E-state index in [1.54, 1.807) is 4.90 Å². The van der Waals surface area contributed by atoms with Crippen LogP contribution in [-0.4, -0.2) is 53.2 Å². The molecule has 0 spiro atoms. The standard InChI is InChI=1S/C10H16N2O2/c1-7(2)11-5-8(6-11)12-4-3-9(13)10(12)14/h7-8H,3-6H2,1-2H3. The van der Waals surface area contributed by atoms with Crippen LogP contribution in [-0.2, 0) is 9.59 Å². The van der Waals surface area contributed by atoms with Gasteiger partial charge in [-0.15, -0.1) is 0 Å². The van der Waals surface area contributed by atoms with Crippen LogP contribution in [0.4, 0.5) is 0 Å². The molecule has 0 aromatic rings. The summed E-state index contributed by atoms with van der Waals surface area (Å²) in [6, 6.07) is 0.830. The van der Waals surface area contributed by atoms with Crippen molar-refractivity contribution in [1.82, 2.24) is 9.80 Å². The third kappa shape index (κ3) is 1.43. The number of rotatable bonds is 2. The van der Waals surface area contributed by atoms with Gasteiger partial charge < -0.3 is 4.90 Å². The quantitative estimate of drug-likeness (QED) is 0.578. The highest BCUT2D eigenvalue weighted by Gasteiger charge is 2.40. The zero-order valence-electron chi connectivity index (χ0n) is 8.69. The summed E-state index contributed by atoms with van der Waals surface area (Å²) in [7, 11) is 0. The van der Waals surface area contributed by atoms with Crippen molar-refractivity contribution in [1.29, 1.82) is 0 Å². The van der Waals surface area contributed by atoms with Gasteiger partial charge >= 0.3 is 0 Å². The van der Waals surface area contributed by atoms with Gasteiger partial charge in [-0.2, -0.15) is 0 Å². The van der Waals surface area contributed by atoms with E-state index in [9.17, 15) is 9.59 Å². The molecule has 0 unspecified atom stereocenters. The van der Waals surface area contributed by atoms with Gasteiger partial charge in [0.25, 0.3) is 5.91 Å². The number of ketones is 1. The smallest absolute Gasteiger partial charge is 0.290 e. The van der Waals surface area contributed by atoms with Crippen molar-refractivity contribution < 1.29 is 9.59 Å². The summed E-state index contributed by atoms with van der Waals surface area (Å²) in [6.45, 7) is 6.78. The molecule has 0 radical (unpaired) electrons. The molecule has 78 valence electrons. The molecule has 14 heavy (non-hydrogen) atoms. The topological polar surface area (TPSA) is 40.6 Å². The van der Waals surface area contributed by atoms with Crippen LogP contribution in [0.25, 0.3) is 0 Å². The zero-order chi connectivity index (χ0) is 10.3. The largest absolute Gasteiger partial charge is 0.330 e. The van der Waals surface area contributed by atoms with Crippen molar-refractivity contribution in [2.45, 2.75) is 32.4 Å². The third-order valence-electron chi connectivity index (χ3n) is 3.14.